The van der Waals surface area contributed by atoms with Gasteiger partial charge in [0.25, 0.3) is 0 Å². The molecule has 0 unspecified atom stereocenters. The number of pyridine rings is 1. The minimum atomic E-state index is 1.01. The van der Waals surface area contributed by atoms with E-state index in [1.165, 1.54) is 77.1 Å². The van der Waals surface area contributed by atoms with Crippen molar-refractivity contribution in [3.05, 3.63) is 158 Å². The average Bonchev–Trinajstić information content (AvgIpc) is 3.63. The molecule has 9 aromatic rings. The van der Waals surface area contributed by atoms with Crippen molar-refractivity contribution in [1.29, 1.82) is 0 Å². The topological polar surface area (TPSA) is 17.8 Å². The molecule has 208 valence electrons. The van der Waals surface area contributed by atoms with Gasteiger partial charge in [-0.15, -0.1) is 0 Å². The van der Waals surface area contributed by atoms with Gasteiger partial charge in [-0.05, 0) is 97.7 Å². The summed E-state index contributed by atoms with van der Waals surface area (Å²) < 4.78 is 2.40. The summed E-state index contributed by atoms with van der Waals surface area (Å²) in [6, 6.07) is 55.3. The smallest absolute Gasteiger partial charge is 0.0723 e. The molecule has 7 aromatic carbocycles. The van der Waals surface area contributed by atoms with Crippen LogP contribution in [0.15, 0.2) is 158 Å². The Hall–Kier alpha value is -5.99. The summed E-state index contributed by atoms with van der Waals surface area (Å²) >= 11 is 0. The Morgan fingerprint density at radius 2 is 1.13 bits per heavy atom. The van der Waals surface area contributed by atoms with Crippen LogP contribution in [0.2, 0.25) is 0 Å². The maximum absolute atomic E-state index is 4.66. The van der Waals surface area contributed by atoms with Crippen molar-refractivity contribution in [2.75, 3.05) is 0 Å². The molecule has 2 aromatic heterocycles. The number of hydrogen-bond donors (Lipinski definition) is 0. The molecule has 2 heteroatoms. The van der Waals surface area contributed by atoms with Crippen LogP contribution >= 0.6 is 0 Å². The van der Waals surface area contributed by atoms with Gasteiger partial charge in [-0.25, -0.2) is 0 Å². The molecule has 0 N–H and O–H groups in total. The van der Waals surface area contributed by atoms with Gasteiger partial charge in [-0.1, -0.05) is 109 Å². The number of benzene rings is 7. The van der Waals surface area contributed by atoms with Gasteiger partial charge < -0.3 is 4.57 Å². The van der Waals surface area contributed by atoms with Crippen molar-refractivity contribution in [2.45, 2.75) is 0 Å². The Labute approximate surface area is 260 Å². The van der Waals surface area contributed by atoms with E-state index in [0.29, 0.717) is 0 Å². The number of aromatic nitrogens is 2. The van der Waals surface area contributed by atoms with E-state index in [-0.39, 0.29) is 0 Å². The highest BCUT2D eigenvalue weighted by molar-refractivity contribution is 6.20. The molecule has 0 radical (unpaired) electrons. The van der Waals surface area contributed by atoms with E-state index < -0.39 is 0 Å². The van der Waals surface area contributed by atoms with Gasteiger partial charge in [-0.2, -0.15) is 0 Å². The first kappa shape index (κ1) is 24.5. The van der Waals surface area contributed by atoms with Crippen LogP contribution < -0.4 is 0 Å². The fourth-order valence-corrected chi connectivity index (χ4v) is 7.59. The highest BCUT2D eigenvalue weighted by Gasteiger charge is 2.23. The third kappa shape index (κ3) is 3.48. The predicted octanol–water partition coefficient (Wildman–Crippen LogP) is 11.5. The van der Waals surface area contributed by atoms with Crippen molar-refractivity contribution >= 4 is 43.5 Å². The van der Waals surface area contributed by atoms with E-state index in [1.807, 2.05) is 12.3 Å². The summed E-state index contributed by atoms with van der Waals surface area (Å²) in [7, 11) is 0. The molecule has 0 bridgehead atoms. The maximum Gasteiger partial charge on any atom is 0.0723 e. The summed E-state index contributed by atoms with van der Waals surface area (Å²) in [5, 5.41) is 6.31. The van der Waals surface area contributed by atoms with Crippen LogP contribution in [-0.2, 0) is 0 Å². The molecule has 0 saturated heterocycles. The van der Waals surface area contributed by atoms with Gasteiger partial charge in [0.1, 0.15) is 0 Å². The summed E-state index contributed by atoms with van der Waals surface area (Å²) in [5.74, 6) is 0. The minimum Gasteiger partial charge on any atom is -0.309 e. The van der Waals surface area contributed by atoms with E-state index in [1.54, 1.807) is 0 Å². The van der Waals surface area contributed by atoms with Gasteiger partial charge in [-0.3, -0.25) is 4.98 Å². The van der Waals surface area contributed by atoms with Crippen molar-refractivity contribution in [3.8, 4) is 50.2 Å². The van der Waals surface area contributed by atoms with E-state index in [4.69, 9.17) is 0 Å². The first-order valence-corrected chi connectivity index (χ1v) is 15.5. The number of para-hydroxylation sites is 1. The van der Waals surface area contributed by atoms with Crippen LogP contribution in [0.25, 0.3) is 93.7 Å². The molecule has 2 nitrogen and oxygen atoms in total. The lowest BCUT2D eigenvalue weighted by atomic mass is 9.94. The monoisotopic (exact) mass is 570 g/mol. The second-order valence-electron chi connectivity index (χ2n) is 11.9. The van der Waals surface area contributed by atoms with E-state index in [0.717, 1.165) is 16.6 Å². The van der Waals surface area contributed by atoms with Crippen molar-refractivity contribution < 1.29 is 0 Å². The summed E-state index contributed by atoms with van der Waals surface area (Å²) in [4.78, 5) is 4.66. The predicted molar refractivity (Wildman–Crippen MR) is 189 cm³/mol. The zero-order valence-corrected chi connectivity index (χ0v) is 24.4. The van der Waals surface area contributed by atoms with Gasteiger partial charge >= 0.3 is 0 Å². The van der Waals surface area contributed by atoms with Crippen molar-refractivity contribution in [2.24, 2.45) is 0 Å². The second-order valence-corrected chi connectivity index (χ2v) is 11.9. The second kappa shape index (κ2) is 9.25. The fraction of sp³-hybridized carbons (Fsp3) is 0. The molecular weight excluding hydrogens is 544 g/mol. The zero-order valence-electron chi connectivity index (χ0n) is 24.4. The Bertz CT molecular complexity index is 2630. The van der Waals surface area contributed by atoms with Crippen molar-refractivity contribution in [1.82, 2.24) is 9.55 Å². The first-order valence-electron chi connectivity index (χ1n) is 15.5. The molecular formula is C43H26N2. The summed E-state index contributed by atoms with van der Waals surface area (Å²) in [5.41, 5.74) is 14.8. The molecule has 2 heterocycles. The van der Waals surface area contributed by atoms with Crippen LogP contribution in [0, 0.1) is 0 Å². The lowest BCUT2D eigenvalue weighted by molar-refractivity contribution is 1.19. The molecule has 0 saturated carbocycles. The van der Waals surface area contributed by atoms with E-state index >= 15 is 0 Å². The lowest BCUT2D eigenvalue weighted by Gasteiger charge is -2.13. The van der Waals surface area contributed by atoms with Gasteiger partial charge in [0.05, 0.1) is 16.6 Å². The third-order valence-electron chi connectivity index (χ3n) is 9.60. The Balaban J connectivity index is 1.13. The van der Waals surface area contributed by atoms with Crippen LogP contribution in [-0.4, -0.2) is 9.55 Å². The van der Waals surface area contributed by atoms with Crippen LogP contribution in [0.4, 0.5) is 0 Å². The molecule has 0 fully saturated rings. The minimum absolute atomic E-state index is 1.01. The normalized spacial score (nSPS) is 12.0. The third-order valence-corrected chi connectivity index (χ3v) is 9.60. The zero-order chi connectivity index (χ0) is 29.5. The highest BCUT2D eigenvalue weighted by atomic mass is 15.0. The first-order chi connectivity index (χ1) is 22.3. The summed E-state index contributed by atoms with van der Waals surface area (Å²) in [6.07, 6.45) is 1.87. The SMILES string of the molecule is c1ccc(-c2ccc3c(c2)-c2ccc(-c4ccc(-n5c6ccccc6c6ccc7ncccc7c65)cc4)c4cccc-3c24)cc1. The van der Waals surface area contributed by atoms with Crippen LogP contribution in [0.5, 0.6) is 0 Å². The van der Waals surface area contributed by atoms with Gasteiger partial charge in [0, 0.05) is 28.0 Å². The quantitative estimate of drug-likeness (QED) is 0.207. The molecule has 0 atom stereocenters. The average molecular weight is 571 g/mol. The molecule has 0 spiro atoms. The van der Waals surface area contributed by atoms with Crippen LogP contribution in [0.3, 0.4) is 0 Å². The largest absolute Gasteiger partial charge is 0.309 e. The summed E-state index contributed by atoms with van der Waals surface area (Å²) in [6.45, 7) is 0. The molecule has 1 aliphatic carbocycles. The van der Waals surface area contributed by atoms with Crippen LogP contribution in [0.1, 0.15) is 0 Å². The number of rotatable bonds is 3. The molecule has 0 amide bonds. The van der Waals surface area contributed by atoms with Crippen molar-refractivity contribution in [3.63, 3.8) is 0 Å². The van der Waals surface area contributed by atoms with Gasteiger partial charge in [0.15, 0.2) is 0 Å². The molecule has 10 rings (SSSR count). The Morgan fingerprint density at radius 1 is 0.400 bits per heavy atom. The molecule has 1 aliphatic rings. The Morgan fingerprint density at radius 3 is 2.04 bits per heavy atom. The molecule has 0 aliphatic heterocycles. The van der Waals surface area contributed by atoms with E-state index in [2.05, 4.69) is 155 Å². The number of fused-ring (bicyclic) bond motifs is 8. The lowest BCUT2D eigenvalue weighted by Crippen LogP contribution is -1.95. The Kier molecular flexibility index (Phi) is 5.03. The van der Waals surface area contributed by atoms with Gasteiger partial charge in [0.2, 0.25) is 0 Å². The number of nitrogens with zero attached hydrogens (tertiary/aromatic N) is 2. The number of hydrogen-bond acceptors (Lipinski definition) is 1. The highest BCUT2D eigenvalue weighted by Crippen LogP contribution is 2.50. The van der Waals surface area contributed by atoms with E-state index in [9.17, 15) is 0 Å². The standard InChI is InChI=1S/C43H26N2/c1-2-8-27(9-3-1)29-17-20-32-35-12-6-11-34-31(21-22-36(42(34)35)39(32)26-29)28-15-18-30(19-16-28)45-41-14-5-4-10-33(41)37-23-24-40-38(43(37)45)13-7-25-44-40/h1-26H. The molecule has 45 heavy (non-hydrogen) atoms. The fourth-order valence-electron chi connectivity index (χ4n) is 7.59. The maximum atomic E-state index is 4.66.